The van der Waals surface area contributed by atoms with Crippen LogP contribution in [0.4, 0.5) is 5.69 Å². The number of sulfone groups is 1. The number of benzene rings is 2. The van der Waals surface area contributed by atoms with Gasteiger partial charge in [-0.2, -0.15) is 0 Å². The molecule has 27 heavy (non-hydrogen) atoms. The molecule has 0 aliphatic heterocycles. The predicted octanol–water partition coefficient (Wildman–Crippen LogP) is 5.05. The molecule has 6 heteroatoms. The number of carbonyl (C=O) groups is 1. The Balaban J connectivity index is 1.50. The molecule has 4 nitrogen and oxygen atoms in total. The maximum atomic E-state index is 12.2. The number of hydrogen-bond donors (Lipinski definition) is 1. The molecule has 2 aromatic carbocycles. The summed E-state index contributed by atoms with van der Waals surface area (Å²) in [5, 5.41) is 3.57. The van der Waals surface area contributed by atoms with Crippen molar-refractivity contribution in [3.63, 3.8) is 0 Å². The fourth-order valence-electron chi connectivity index (χ4n) is 3.69. The monoisotopic (exact) mass is 405 g/mol. The second-order valence-corrected chi connectivity index (χ2v) is 9.77. The lowest BCUT2D eigenvalue weighted by atomic mass is 9.77. The maximum absolute atomic E-state index is 12.2. The van der Waals surface area contributed by atoms with Crippen LogP contribution in [0.25, 0.3) is 0 Å². The van der Waals surface area contributed by atoms with Crippen LogP contribution in [-0.2, 0) is 14.6 Å². The summed E-state index contributed by atoms with van der Waals surface area (Å²) in [5.41, 5.74) is 1.95. The number of rotatable bonds is 5. The number of halogens is 1. The molecule has 144 valence electrons. The van der Waals surface area contributed by atoms with Gasteiger partial charge in [0, 0.05) is 23.4 Å². The number of carbonyl (C=O) groups excluding carboxylic acids is 1. The molecule has 0 saturated heterocycles. The van der Waals surface area contributed by atoms with Gasteiger partial charge in [0.25, 0.3) is 0 Å². The second-order valence-electron chi connectivity index (χ2n) is 7.32. The Bertz CT molecular complexity index is 884. The zero-order chi connectivity index (χ0) is 19.4. The van der Waals surface area contributed by atoms with Crippen molar-refractivity contribution < 1.29 is 13.2 Å². The quantitative estimate of drug-likeness (QED) is 0.757. The summed E-state index contributed by atoms with van der Waals surface area (Å²) in [7, 11) is -3.15. The van der Waals surface area contributed by atoms with Crippen LogP contribution in [0.2, 0.25) is 5.02 Å². The highest BCUT2D eigenvalue weighted by Gasteiger charge is 2.24. The van der Waals surface area contributed by atoms with Gasteiger partial charge in [-0.15, -0.1) is 0 Å². The maximum Gasteiger partial charge on any atom is 0.224 e. The van der Waals surface area contributed by atoms with Crippen LogP contribution in [0.1, 0.15) is 43.6 Å². The molecule has 1 N–H and O–H groups in total. The first-order valence-corrected chi connectivity index (χ1v) is 11.4. The summed E-state index contributed by atoms with van der Waals surface area (Å²) < 4.78 is 23.1. The van der Waals surface area contributed by atoms with E-state index in [0.29, 0.717) is 28.2 Å². The highest BCUT2D eigenvalue weighted by atomic mass is 35.5. The second kappa shape index (κ2) is 8.44. The van der Waals surface area contributed by atoms with Crippen LogP contribution < -0.4 is 5.32 Å². The molecule has 1 aliphatic rings. The Hall–Kier alpha value is -1.85. The minimum absolute atomic E-state index is 0.0401. The molecule has 0 spiro atoms. The highest BCUT2D eigenvalue weighted by Crippen LogP contribution is 2.37. The Morgan fingerprint density at radius 3 is 2.15 bits per heavy atom. The summed E-state index contributed by atoms with van der Waals surface area (Å²) >= 11 is 5.86. The molecular weight excluding hydrogens is 382 g/mol. The average Bonchev–Trinajstić information content (AvgIpc) is 2.64. The molecule has 0 bridgehead atoms. The number of nitrogens with one attached hydrogen (secondary N) is 1. The fourth-order valence-corrected chi connectivity index (χ4v) is 4.45. The number of amides is 1. The molecule has 0 unspecified atom stereocenters. The van der Waals surface area contributed by atoms with E-state index in [9.17, 15) is 13.2 Å². The first kappa shape index (κ1) is 19.9. The van der Waals surface area contributed by atoms with Crippen LogP contribution in [0.3, 0.4) is 0 Å². The van der Waals surface area contributed by atoms with E-state index >= 15 is 0 Å². The molecule has 3 rings (SSSR count). The normalized spacial score (nSPS) is 20.2. The average molecular weight is 406 g/mol. The van der Waals surface area contributed by atoms with E-state index in [1.165, 1.54) is 11.8 Å². The first-order valence-electron chi connectivity index (χ1n) is 9.17. The molecule has 1 saturated carbocycles. The van der Waals surface area contributed by atoms with Gasteiger partial charge in [0.2, 0.25) is 5.91 Å². The lowest BCUT2D eigenvalue weighted by Crippen LogP contribution is -2.20. The van der Waals surface area contributed by atoms with Crippen molar-refractivity contribution in [2.75, 3.05) is 11.6 Å². The molecule has 2 aromatic rings. The molecule has 0 aromatic heterocycles. The molecule has 1 aliphatic carbocycles. The van der Waals surface area contributed by atoms with E-state index in [-0.39, 0.29) is 5.91 Å². The third kappa shape index (κ3) is 5.56. The minimum atomic E-state index is -3.15. The van der Waals surface area contributed by atoms with Crippen molar-refractivity contribution in [1.29, 1.82) is 0 Å². The van der Waals surface area contributed by atoms with Gasteiger partial charge in [0.15, 0.2) is 9.84 Å². The summed E-state index contributed by atoms with van der Waals surface area (Å²) in [6.45, 7) is 0. The standard InChI is InChI=1S/C21H24ClNO3S/c1-27(25,26)20-12-6-17(7-13-20)16-4-2-15(3-5-16)14-21(24)23-19-10-8-18(22)9-11-19/h6-13,15-16H,2-5,14H2,1H3,(H,23,24). The van der Waals surface area contributed by atoms with Gasteiger partial charge in [-0.25, -0.2) is 8.42 Å². The van der Waals surface area contributed by atoms with Crippen molar-refractivity contribution in [2.24, 2.45) is 5.92 Å². The summed E-state index contributed by atoms with van der Waals surface area (Å²) in [5.74, 6) is 0.872. The van der Waals surface area contributed by atoms with Crippen molar-refractivity contribution in [3.8, 4) is 0 Å². The zero-order valence-electron chi connectivity index (χ0n) is 15.3. The number of anilines is 1. The molecule has 0 atom stereocenters. The van der Waals surface area contributed by atoms with E-state index in [1.54, 1.807) is 36.4 Å². The summed E-state index contributed by atoms with van der Waals surface area (Å²) in [6.07, 6.45) is 5.82. The van der Waals surface area contributed by atoms with E-state index in [2.05, 4.69) is 5.32 Å². The van der Waals surface area contributed by atoms with Gasteiger partial charge in [0.1, 0.15) is 0 Å². The first-order chi connectivity index (χ1) is 12.8. The smallest absolute Gasteiger partial charge is 0.224 e. The molecule has 0 heterocycles. The van der Waals surface area contributed by atoms with Gasteiger partial charge in [-0.05, 0) is 79.5 Å². The van der Waals surface area contributed by atoms with Gasteiger partial charge in [-0.1, -0.05) is 23.7 Å². The van der Waals surface area contributed by atoms with Crippen LogP contribution in [0.5, 0.6) is 0 Å². The van der Waals surface area contributed by atoms with Crippen molar-refractivity contribution in [2.45, 2.75) is 42.9 Å². The van der Waals surface area contributed by atoms with Crippen molar-refractivity contribution >= 4 is 33.0 Å². The van der Waals surface area contributed by atoms with Crippen LogP contribution in [0.15, 0.2) is 53.4 Å². The van der Waals surface area contributed by atoms with Gasteiger partial charge in [-0.3, -0.25) is 4.79 Å². The Kier molecular flexibility index (Phi) is 6.22. The lowest BCUT2D eigenvalue weighted by Gasteiger charge is -2.28. The summed E-state index contributed by atoms with van der Waals surface area (Å²) in [6, 6.07) is 14.4. The fraction of sp³-hybridized carbons (Fsp3) is 0.381. The molecule has 0 radical (unpaired) electrons. The van der Waals surface area contributed by atoms with E-state index < -0.39 is 9.84 Å². The largest absolute Gasteiger partial charge is 0.326 e. The third-order valence-electron chi connectivity index (χ3n) is 5.23. The van der Waals surface area contributed by atoms with Crippen LogP contribution >= 0.6 is 11.6 Å². The Labute approximate surface area is 165 Å². The van der Waals surface area contributed by atoms with Gasteiger partial charge in [0.05, 0.1) is 4.90 Å². The van der Waals surface area contributed by atoms with E-state index in [1.807, 2.05) is 12.1 Å². The number of hydrogen-bond acceptors (Lipinski definition) is 3. The van der Waals surface area contributed by atoms with Crippen molar-refractivity contribution in [3.05, 3.63) is 59.1 Å². The lowest BCUT2D eigenvalue weighted by molar-refractivity contribution is -0.117. The zero-order valence-corrected chi connectivity index (χ0v) is 16.9. The SMILES string of the molecule is CS(=O)(=O)c1ccc(C2CCC(CC(=O)Nc3ccc(Cl)cc3)CC2)cc1. The minimum Gasteiger partial charge on any atom is -0.326 e. The van der Waals surface area contributed by atoms with Gasteiger partial charge < -0.3 is 5.32 Å². The Morgan fingerprint density at radius 2 is 1.59 bits per heavy atom. The molecular formula is C21H24ClNO3S. The summed E-state index contributed by atoms with van der Waals surface area (Å²) in [4.78, 5) is 12.6. The molecule has 1 amide bonds. The highest BCUT2D eigenvalue weighted by molar-refractivity contribution is 7.90. The third-order valence-corrected chi connectivity index (χ3v) is 6.61. The van der Waals surface area contributed by atoms with E-state index in [4.69, 9.17) is 11.6 Å². The molecule has 1 fully saturated rings. The van der Waals surface area contributed by atoms with Gasteiger partial charge >= 0.3 is 0 Å². The Morgan fingerprint density at radius 1 is 1.00 bits per heavy atom. The van der Waals surface area contributed by atoms with Crippen LogP contribution in [-0.4, -0.2) is 20.6 Å². The van der Waals surface area contributed by atoms with Crippen LogP contribution in [0, 0.1) is 5.92 Å². The van der Waals surface area contributed by atoms with E-state index in [0.717, 1.165) is 31.4 Å². The topological polar surface area (TPSA) is 63.2 Å². The predicted molar refractivity (Wildman–Crippen MR) is 109 cm³/mol. The van der Waals surface area contributed by atoms with Crippen molar-refractivity contribution in [1.82, 2.24) is 0 Å².